The Labute approximate surface area is 146 Å². The number of thioether (sulfide) groups is 1. The van der Waals surface area contributed by atoms with Crippen molar-refractivity contribution in [2.75, 3.05) is 5.32 Å². The first-order chi connectivity index (χ1) is 11.4. The summed E-state index contributed by atoms with van der Waals surface area (Å²) in [5.41, 5.74) is 5.26. The quantitative estimate of drug-likeness (QED) is 0.611. The van der Waals surface area contributed by atoms with Crippen LogP contribution in [0.5, 0.6) is 0 Å². The standard InChI is InChI=1S/C14H19N5O3S2/c1-3-4-6-19-13(22)17-18-14(19)24-8(2)11(21)16-12-9(10(15)20)5-7-23-12/h5,7-8H,3-4,6H2,1-2H3,(H2,15,20)(H,16,21)(H,17,22). The number of carbonyl (C=O) groups excluding carboxylic acids is 2. The number of thiophene rings is 1. The second kappa shape index (κ2) is 8.15. The molecular formula is C14H19N5O3S2. The summed E-state index contributed by atoms with van der Waals surface area (Å²) in [4.78, 5) is 35.4. The van der Waals surface area contributed by atoms with Crippen LogP contribution in [0.25, 0.3) is 0 Å². The van der Waals surface area contributed by atoms with E-state index in [0.717, 1.165) is 12.8 Å². The second-order valence-electron chi connectivity index (χ2n) is 5.09. The topological polar surface area (TPSA) is 123 Å². The lowest BCUT2D eigenvalue weighted by Crippen LogP contribution is -2.25. The van der Waals surface area contributed by atoms with Gasteiger partial charge in [-0.1, -0.05) is 25.1 Å². The summed E-state index contributed by atoms with van der Waals surface area (Å²) in [6, 6.07) is 1.57. The number of rotatable bonds is 8. The molecule has 0 aliphatic carbocycles. The van der Waals surface area contributed by atoms with Crippen molar-refractivity contribution >= 4 is 39.9 Å². The SMILES string of the molecule is CCCCn1c(SC(C)C(=O)Nc2sccc2C(N)=O)n[nH]c1=O. The predicted octanol–water partition coefficient (Wildman–Crippen LogP) is 1.65. The lowest BCUT2D eigenvalue weighted by molar-refractivity contribution is -0.115. The molecule has 0 radical (unpaired) electrons. The summed E-state index contributed by atoms with van der Waals surface area (Å²) in [5, 5.41) is 11.1. The van der Waals surface area contributed by atoms with Crippen LogP contribution in [-0.2, 0) is 11.3 Å². The number of aromatic amines is 1. The molecule has 1 unspecified atom stereocenters. The van der Waals surface area contributed by atoms with Gasteiger partial charge < -0.3 is 11.1 Å². The van der Waals surface area contributed by atoms with E-state index in [0.29, 0.717) is 16.7 Å². The lowest BCUT2D eigenvalue weighted by Gasteiger charge is -2.11. The molecule has 130 valence electrons. The largest absolute Gasteiger partial charge is 0.366 e. The number of anilines is 1. The van der Waals surface area contributed by atoms with Gasteiger partial charge in [-0.2, -0.15) is 0 Å². The third-order valence-corrected chi connectivity index (χ3v) is 5.20. The van der Waals surface area contributed by atoms with Gasteiger partial charge in [-0.15, -0.1) is 16.4 Å². The molecular weight excluding hydrogens is 350 g/mol. The number of nitrogens with zero attached hydrogens (tertiary/aromatic N) is 2. The molecule has 2 heterocycles. The first-order valence-corrected chi connectivity index (χ1v) is 9.20. The highest BCUT2D eigenvalue weighted by Gasteiger charge is 2.21. The molecule has 2 aromatic rings. The van der Waals surface area contributed by atoms with Crippen LogP contribution >= 0.6 is 23.1 Å². The molecule has 0 bridgehead atoms. The van der Waals surface area contributed by atoms with Gasteiger partial charge in [0.2, 0.25) is 5.91 Å². The minimum absolute atomic E-state index is 0.283. The summed E-state index contributed by atoms with van der Waals surface area (Å²) in [6.07, 6.45) is 1.80. The van der Waals surface area contributed by atoms with E-state index in [9.17, 15) is 14.4 Å². The molecule has 0 saturated carbocycles. The van der Waals surface area contributed by atoms with Crippen LogP contribution < -0.4 is 16.7 Å². The number of unbranched alkanes of at least 4 members (excludes halogenated alkanes) is 1. The van der Waals surface area contributed by atoms with Crippen LogP contribution in [0.3, 0.4) is 0 Å². The van der Waals surface area contributed by atoms with Crippen LogP contribution in [0.2, 0.25) is 0 Å². The molecule has 0 aliphatic heterocycles. The summed E-state index contributed by atoms with van der Waals surface area (Å²) in [5.74, 6) is -0.880. The van der Waals surface area contributed by atoms with Crippen LogP contribution in [0.1, 0.15) is 37.0 Å². The van der Waals surface area contributed by atoms with E-state index >= 15 is 0 Å². The zero-order valence-electron chi connectivity index (χ0n) is 13.4. The van der Waals surface area contributed by atoms with Crippen LogP contribution in [-0.4, -0.2) is 31.8 Å². The van der Waals surface area contributed by atoms with Gasteiger partial charge in [-0.25, -0.2) is 9.89 Å². The number of aromatic nitrogens is 3. The van der Waals surface area contributed by atoms with Crippen molar-refractivity contribution in [1.29, 1.82) is 0 Å². The third-order valence-electron chi connectivity index (χ3n) is 3.28. The molecule has 0 spiro atoms. The fourth-order valence-corrected chi connectivity index (χ4v) is 3.61. The Morgan fingerprint density at radius 1 is 1.54 bits per heavy atom. The fourth-order valence-electron chi connectivity index (χ4n) is 1.93. The normalized spacial score (nSPS) is 12.1. The number of primary amides is 1. The van der Waals surface area contributed by atoms with Crippen LogP contribution in [0.4, 0.5) is 5.00 Å². The first-order valence-electron chi connectivity index (χ1n) is 7.44. The van der Waals surface area contributed by atoms with Crippen molar-refractivity contribution in [3.63, 3.8) is 0 Å². The lowest BCUT2D eigenvalue weighted by atomic mass is 10.3. The Bertz CT molecular complexity index is 779. The van der Waals surface area contributed by atoms with E-state index < -0.39 is 11.2 Å². The summed E-state index contributed by atoms with van der Waals surface area (Å²) >= 11 is 2.41. The molecule has 1 atom stereocenters. The Hall–Kier alpha value is -2.07. The maximum absolute atomic E-state index is 12.3. The number of hydrogen-bond acceptors (Lipinski definition) is 6. The van der Waals surface area contributed by atoms with Crippen molar-refractivity contribution in [1.82, 2.24) is 14.8 Å². The van der Waals surface area contributed by atoms with E-state index in [1.807, 2.05) is 6.92 Å². The number of nitrogens with two attached hydrogens (primary N) is 1. The van der Waals surface area contributed by atoms with Gasteiger partial charge in [0.1, 0.15) is 5.00 Å². The smallest absolute Gasteiger partial charge is 0.343 e. The third kappa shape index (κ3) is 4.26. The Balaban J connectivity index is 2.05. The van der Waals surface area contributed by atoms with Gasteiger partial charge in [-0.3, -0.25) is 14.2 Å². The average Bonchev–Trinajstić information content (AvgIpc) is 3.13. The van der Waals surface area contributed by atoms with E-state index in [2.05, 4.69) is 15.5 Å². The molecule has 2 aromatic heterocycles. The molecule has 24 heavy (non-hydrogen) atoms. The predicted molar refractivity (Wildman–Crippen MR) is 94.5 cm³/mol. The average molecular weight is 369 g/mol. The number of amides is 2. The van der Waals surface area contributed by atoms with Crippen molar-refractivity contribution < 1.29 is 9.59 Å². The van der Waals surface area contributed by atoms with Gasteiger partial charge >= 0.3 is 5.69 Å². The second-order valence-corrected chi connectivity index (χ2v) is 7.32. The van der Waals surface area contributed by atoms with Crippen molar-refractivity contribution in [2.45, 2.75) is 43.6 Å². The minimum Gasteiger partial charge on any atom is -0.366 e. The monoisotopic (exact) mass is 369 g/mol. The van der Waals surface area contributed by atoms with Crippen molar-refractivity contribution in [3.05, 3.63) is 27.5 Å². The maximum Gasteiger partial charge on any atom is 0.343 e. The van der Waals surface area contributed by atoms with E-state index in [1.165, 1.54) is 27.7 Å². The molecule has 0 aliphatic rings. The number of hydrogen-bond donors (Lipinski definition) is 3. The molecule has 2 amide bonds. The summed E-state index contributed by atoms with van der Waals surface area (Å²) < 4.78 is 1.53. The molecule has 4 N–H and O–H groups in total. The van der Waals surface area contributed by atoms with E-state index in [4.69, 9.17) is 5.73 Å². The summed E-state index contributed by atoms with van der Waals surface area (Å²) in [6.45, 7) is 4.30. The maximum atomic E-state index is 12.3. The van der Waals surface area contributed by atoms with Gasteiger partial charge in [0, 0.05) is 6.54 Å². The van der Waals surface area contributed by atoms with E-state index in [1.54, 1.807) is 18.4 Å². The van der Waals surface area contributed by atoms with Gasteiger partial charge in [0.15, 0.2) is 5.16 Å². The molecule has 0 fully saturated rings. The molecule has 0 saturated heterocycles. The zero-order chi connectivity index (χ0) is 17.7. The molecule has 2 rings (SSSR count). The zero-order valence-corrected chi connectivity index (χ0v) is 15.0. The van der Waals surface area contributed by atoms with Gasteiger partial charge in [0.05, 0.1) is 10.8 Å². The van der Waals surface area contributed by atoms with Gasteiger partial charge in [0.25, 0.3) is 5.91 Å². The van der Waals surface area contributed by atoms with E-state index in [-0.39, 0.29) is 17.2 Å². The van der Waals surface area contributed by atoms with Crippen molar-refractivity contribution in [3.8, 4) is 0 Å². The Kier molecular flexibility index (Phi) is 6.21. The first kappa shape index (κ1) is 18.3. The van der Waals surface area contributed by atoms with Crippen molar-refractivity contribution in [2.24, 2.45) is 5.73 Å². The molecule has 0 aromatic carbocycles. The fraction of sp³-hybridized carbons (Fsp3) is 0.429. The highest BCUT2D eigenvalue weighted by atomic mass is 32.2. The highest BCUT2D eigenvalue weighted by molar-refractivity contribution is 8.00. The Morgan fingerprint density at radius 3 is 2.96 bits per heavy atom. The number of carbonyl (C=O) groups is 2. The minimum atomic E-state index is -0.590. The van der Waals surface area contributed by atoms with Crippen LogP contribution in [0.15, 0.2) is 21.4 Å². The van der Waals surface area contributed by atoms with Gasteiger partial charge in [-0.05, 0) is 24.8 Å². The molecule has 10 heteroatoms. The van der Waals surface area contributed by atoms with Crippen LogP contribution in [0, 0.1) is 0 Å². The highest BCUT2D eigenvalue weighted by Crippen LogP contribution is 2.26. The number of nitrogens with one attached hydrogen (secondary N) is 2. The number of H-pyrrole nitrogens is 1. The molecule has 8 nitrogen and oxygen atoms in total. The Morgan fingerprint density at radius 2 is 2.29 bits per heavy atom. The summed E-state index contributed by atoms with van der Waals surface area (Å²) in [7, 11) is 0.